The summed E-state index contributed by atoms with van der Waals surface area (Å²) in [7, 11) is 4.20. The minimum atomic E-state index is -0.235. The average Bonchev–Trinajstić information content (AvgIpc) is 3.48. The lowest BCUT2D eigenvalue weighted by molar-refractivity contribution is -0.182. The number of fused-ring (bicyclic) bond motifs is 1. The van der Waals surface area contributed by atoms with Gasteiger partial charge in [0.25, 0.3) is 5.91 Å². The minimum Gasteiger partial charge on any atom is -0.380 e. The van der Waals surface area contributed by atoms with Crippen molar-refractivity contribution in [2.45, 2.75) is 51.2 Å². The second-order valence-corrected chi connectivity index (χ2v) is 13.7. The molecule has 2 saturated heterocycles. The number of carbonyl (C=O) groups is 1. The van der Waals surface area contributed by atoms with Crippen LogP contribution in [0.2, 0.25) is 5.02 Å². The van der Waals surface area contributed by atoms with E-state index in [1.54, 1.807) is 6.33 Å². The SMILES string of the molecule is CC(C)C1CN(C)CCN1Cc1cc(Cl)c2c(c1)C(=O)N(c1cccc(C3(c4nncn4C)CC4(COC4)C3)c1)C2. The van der Waals surface area contributed by atoms with Gasteiger partial charge in [0.2, 0.25) is 0 Å². The maximum Gasteiger partial charge on any atom is 0.258 e. The molecule has 0 N–H and O–H groups in total. The van der Waals surface area contributed by atoms with Crippen molar-refractivity contribution in [3.63, 3.8) is 0 Å². The summed E-state index contributed by atoms with van der Waals surface area (Å²) in [4.78, 5) is 20.7. The van der Waals surface area contributed by atoms with Crippen LogP contribution in [-0.4, -0.2) is 76.4 Å². The lowest BCUT2D eigenvalue weighted by atomic mass is 9.49. The third-order valence-electron chi connectivity index (χ3n) is 9.96. The fourth-order valence-electron chi connectivity index (χ4n) is 7.78. The van der Waals surface area contributed by atoms with Gasteiger partial charge < -0.3 is 19.1 Å². The number of aromatic nitrogens is 3. The van der Waals surface area contributed by atoms with Crippen LogP contribution < -0.4 is 4.90 Å². The van der Waals surface area contributed by atoms with Gasteiger partial charge in [-0.3, -0.25) is 9.69 Å². The van der Waals surface area contributed by atoms with Crippen molar-refractivity contribution < 1.29 is 9.53 Å². The molecule has 1 amide bonds. The topological polar surface area (TPSA) is 66.7 Å². The number of carbonyl (C=O) groups excluding carboxylic acids is 1. The van der Waals surface area contributed by atoms with Gasteiger partial charge in [0, 0.05) is 66.5 Å². The maximum atomic E-state index is 13.9. The summed E-state index contributed by atoms with van der Waals surface area (Å²) >= 11 is 6.87. The van der Waals surface area contributed by atoms with E-state index in [1.165, 1.54) is 5.56 Å². The van der Waals surface area contributed by atoms with E-state index in [9.17, 15) is 4.79 Å². The number of piperazine rings is 1. The predicted molar refractivity (Wildman–Crippen MR) is 159 cm³/mol. The molecule has 41 heavy (non-hydrogen) atoms. The van der Waals surface area contributed by atoms with E-state index in [1.807, 2.05) is 22.6 Å². The van der Waals surface area contributed by atoms with Gasteiger partial charge in [-0.05, 0) is 61.2 Å². The number of benzene rings is 2. The summed E-state index contributed by atoms with van der Waals surface area (Å²) in [5.74, 6) is 1.55. The van der Waals surface area contributed by atoms with Gasteiger partial charge in [-0.25, -0.2) is 0 Å². The predicted octanol–water partition coefficient (Wildman–Crippen LogP) is 4.50. The Labute approximate surface area is 247 Å². The van der Waals surface area contributed by atoms with Crippen LogP contribution in [0.3, 0.4) is 0 Å². The summed E-state index contributed by atoms with van der Waals surface area (Å²) in [6.45, 7) is 10.6. The van der Waals surface area contributed by atoms with Crippen molar-refractivity contribution in [2.24, 2.45) is 18.4 Å². The molecule has 1 aliphatic carbocycles. The van der Waals surface area contributed by atoms with E-state index in [0.717, 1.165) is 80.4 Å². The molecule has 2 aromatic carbocycles. The van der Waals surface area contributed by atoms with E-state index >= 15 is 0 Å². The zero-order chi connectivity index (χ0) is 28.5. The summed E-state index contributed by atoms with van der Waals surface area (Å²) in [6, 6.07) is 13.1. The van der Waals surface area contributed by atoms with Crippen molar-refractivity contribution >= 4 is 23.2 Å². The molecule has 4 heterocycles. The third kappa shape index (κ3) is 4.42. The Morgan fingerprint density at radius 2 is 1.93 bits per heavy atom. The highest BCUT2D eigenvalue weighted by atomic mass is 35.5. The molecule has 0 bridgehead atoms. The van der Waals surface area contributed by atoms with Crippen LogP contribution in [0, 0.1) is 11.3 Å². The first-order chi connectivity index (χ1) is 19.7. The molecule has 0 radical (unpaired) electrons. The molecule has 3 aromatic rings. The summed E-state index contributed by atoms with van der Waals surface area (Å²) in [5.41, 5.74) is 4.82. The molecular weight excluding hydrogens is 536 g/mol. The molecule has 1 atom stereocenters. The smallest absolute Gasteiger partial charge is 0.258 e. The number of rotatable bonds is 6. The Kier molecular flexibility index (Phi) is 6.54. The van der Waals surface area contributed by atoms with E-state index in [-0.39, 0.29) is 16.7 Å². The summed E-state index contributed by atoms with van der Waals surface area (Å²) in [5, 5.41) is 9.42. The van der Waals surface area contributed by atoms with Crippen LogP contribution in [0.1, 0.15) is 59.6 Å². The first-order valence-corrected chi connectivity index (χ1v) is 15.1. The molecular formula is C32H39ClN6O2. The molecule has 7 rings (SSSR count). The van der Waals surface area contributed by atoms with E-state index in [0.29, 0.717) is 23.5 Å². The van der Waals surface area contributed by atoms with Crippen LogP contribution in [-0.2, 0) is 30.3 Å². The van der Waals surface area contributed by atoms with Crippen LogP contribution in [0.25, 0.3) is 0 Å². The lowest BCUT2D eigenvalue weighted by Gasteiger charge is -2.59. The zero-order valence-corrected chi connectivity index (χ0v) is 25.2. The number of halogens is 1. The van der Waals surface area contributed by atoms with Gasteiger partial charge in [0.1, 0.15) is 12.2 Å². The molecule has 3 aliphatic heterocycles. The van der Waals surface area contributed by atoms with Crippen molar-refractivity contribution in [1.82, 2.24) is 24.6 Å². The van der Waals surface area contributed by atoms with Crippen molar-refractivity contribution in [2.75, 3.05) is 44.8 Å². The highest BCUT2D eigenvalue weighted by Gasteiger charge is 2.61. The van der Waals surface area contributed by atoms with Crippen molar-refractivity contribution in [1.29, 1.82) is 0 Å². The normalized spacial score (nSPS) is 23.6. The van der Waals surface area contributed by atoms with Gasteiger partial charge in [-0.2, -0.15) is 0 Å². The van der Waals surface area contributed by atoms with Crippen LogP contribution >= 0.6 is 11.6 Å². The largest absolute Gasteiger partial charge is 0.380 e. The maximum absolute atomic E-state index is 13.9. The van der Waals surface area contributed by atoms with Gasteiger partial charge in [-0.15, -0.1) is 10.2 Å². The Morgan fingerprint density at radius 1 is 1.12 bits per heavy atom. The molecule has 1 aromatic heterocycles. The van der Waals surface area contributed by atoms with Gasteiger partial charge in [-0.1, -0.05) is 37.6 Å². The molecule has 9 heteroatoms. The van der Waals surface area contributed by atoms with E-state index < -0.39 is 0 Å². The van der Waals surface area contributed by atoms with E-state index in [2.05, 4.69) is 71.2 Å². The molecule has 216 valence electrons. The van der Waals surface area contributed by atoms with E-state index in [4.69, 9.17) is 16.3 Å². The van der Waals surface area contributed by atoms with Crippen LogP contribution in [0.5, 0.6) is 0 Å². The zero-order valence-electron chi connectivity index (χ0n) is 24.4. The number of nitrogens with zero attached hydrogens (tertiary/aromatic N) is 6. The highest BCUT2D eigenvalue weighted by Crippen LogP contribution is 2.61. The number of hydrogen-bond donors (Lipinski definition) is 0. The Morgan fingerprint density at radius 3 is 2.61 bits per heavy atom. The number of amides is 1. The molecule has 1 spiro atoms. The molecule has 1 saturated carbocycles. The third-order valence-corrected chi connectivity index (χ3v) is 10.3. The lowest BCUT2D eigenvalue weighted by Crippen LogP contribution is -2.60. The fourth-order valence-corrected chi connectivity index (χ4v) is 8.08. The second-order valence-electron chi connectivity index (χ2n) is 13.3. The molecule has 8 nitrogen and oxygen atoms in total. The summed E-state index contributed by atoms with van der Waals surface area (Å²) < 4.78 is 7.62. The first kappa shape index (κ1) is 27.1. The Balaban J connectivity index is 1.16. The quantitative estimate of drug-likeness (QED) is 0.432. The second kappa shape index (κ2) is 9.90. The molecule has 3 fully saturated rings. The van der Waals surface area contributed by atoms with Crippen LogP contribution in [0.4, 0.5) is 5.69 Å². The standard InChI is InChI=1S/C32H39ClN6O2/c1-21(2)28-15-36(3)8-9-38(28)13-22-10-25-26(27(33)11-22)14-39(29(25)40)24-7-5-6-23(12-24)32(30-35-34-20-37(30)4)16-31(17-32)18-41-19-31/h5-7,10-12,20-21,28H,8-9,13-19H2,1-4H3. The molecule has 1 unspecified atom stereocenters. The minimum absolute atomic E-state index is 0.0184. The average molecular weight is 575 g/mol. The Bertz CT molecular complexity index is 1490. The fraction of sp³-hybridized carbons (Fsp3) is 0.531. The van der Waals surface area contributed by atoms with Gasteiger partial charge >= 0.3 is 0 Å². The number of likely N-dealkylation sites (N-methyl/N-ethyl adjacent to an activating group) is 1. The first-order valence-electron chi connectivity index (χ1n) is 14.8. The highest BCUT2D eigenvalue weighted by molar-refractivity contribution is 6.32. The summed E-state index contributed by atoms with van der Waals surface area (Å²) in [6.07, 6.45) is 3.72. The number of anilines is 1. The van der Waals surface area contributed by atoms with Crippen LogP contribution in [0.15, 0.2) is 42.7 Å². The van der Waals surface area contributed by atoms with Gasteiger partial charge in [0.15, 0.2) is 0 Å². The number of ether oxygens (including phenoxy) is 1. The van der Waals surface area contributed by atoms with Gasteiger partial charge in [0.05, 0.1) is 25.2 Å². The monoisotopic (exact) mass is 574 g/mol. The molecule has 4 aliphatic rings. The Hall–Kier alpha value is -2.78. The van der Waals surface area contributed by atoms with Crippen molar-refractivity contribution in [3.8, 4) is 0 Å². The number of aryl methyl sites for hydroxylation is 1. The number of hydrogen-bond acceptors (Lipinski definition) is 6. The van der Waals surface area contributed by atoms with Crippen molar-refractivity contribution in [3.05, 3.63) is 75.8 Å².